The lowest BCUT2D eigenvalue weighted by Gasteiger charge is -2.49. The van der Waals surface area contributed by atoms with Crippen molar-refractivity contribution in [3.63, 3.8) is 0 Å². The van der Waals surface area contributed by atoms with Gasteiger partial charge in [0, 0.05) is 19.1 Å². The van der Waals surface area contributed by atoms with Gasteiger partial charge in [-0.3, -0.25) is 0 Å². The highest BCUT2D eigenvalue weighted by Crippen LogP contribution is 2.36. The van der Waals surface area contributed by atoms with Crippen LogP contribution >= 0.6 is 0 Å². The Labute approximate surface area is 127 Å². The molecule has 1 rings (SSSR count). The third-order valence-corrected chi connectivity index (χ3v) is 4.41. The number of urea groups is 1. The normalized spacial score (nSPS) is 18.2. The average molecular weight is 299 g/mol. The van der Waals surface area contributed by atoms with Crippen molar-refractivity contribution in [3.8, 4) is 0 Å². The molecule has 0 heterocycles. The summed E-state index contributed by atoms with van der Waals surface area (Å²) >= 11 is 0. The number of aliphatic carboxylic acids is 1. The second-order valence-electron chi connectivity index (χ2n) is 6.80. The number of carboxylic acid groups (broad SMARTS) is 1. The second kappa shape index (κ2) is 7.11. The topological polar surface area (TPSA) is 72.9 Å². The Morgan fingerprint density at radius 2 is 1.81 bits per heavy atom. The number of hydrogen-bond acceptors (Lipinski definition) is 3. The van der Waals surface area contributed by atoms with E-state index in [9.17, 15) is 14.7 Å². The lowest BCUT2D eigenvalue weighted by Crippen LogP contribution is -2.59. The van der Waals surface area contributed by atoms with Gasteiger partial charge < -0.3 is 20.2 Å². The van der Waals surface area contributed by atoms with Crippen LogP contribution < -0.4 is 5.32 Å². The number of rotatable bonds is 7. The molecule has 1 atom stereocenters. The quantitative estimate of drug-likeness (QED) is 0.749. The largest absolute Gasteiger partial charge is 0.480 e. The monoisotopic (exact) mass is 299 g/mol. The van der Waals surface area contributed by atoms with Gasteiger partial charge in [-0.15, -0.1) is 0 Å². The number of hydrogen-bond donors (Lipinski definition) is 2. The first-order valence-corrected chi connectivity index (χ1v) is 7.60. The predicted molar refractivity (Wildman–Crippen MR) is 82.3 cm³/mol. The van der Waals surface area contributed by atoms with Crippen molar-refractivity contribution in [2.24, 2.45) is 5.92 Å². The molecule has 122 valence electrons. The lowest BCUT2D eigenvalue weighted by molar-refractivity contribution is -0.139. The molecule has 0 radical (unpaired) electrons. The molecule has 0 aromatic heterocycles. The van der Waals surface area contributed by atoms with Crippen LogP contribution in [0.2, 0.25) is 0 Å². The van der Waals surface area contributed by atoms with Crippen molar-refractivity contribution in [1.82, 2.24) is 15.1 Å². The molecule has 0 aromatic rings. The highest BCUT2D eigenvalue weighted by molar-refractivity contribution is 5.82. The Morgan fingerprint density at radius 3 is 2.14 bits per heavy atom. The van der Waals surface area contributed by atoms with Gasteiger partial charge in [0.05, 0.1) is 0 Å². The van der Waals surface area contributed by atoms with Crippen molar-refractivity contribution in [2.75, 3.05) is 27.7 Å². The molecule has 6 nitrogen and oxygen atoms in total. The first-order valence-electron chi connectivity index (χ1n) is 7.60. The number of carbonyl (C=O) groups excluding carboxylic acids is 1. The Balaban J connectivity index is 2.59. The van der Waals surface area contributed by atoms with E-state index in [0.717, 1.165) is 12.8 Å². The van der Waals surface area contributed by atoms with Gasteiger partial charge in [-0.05, 0) is 45.7 Å². The number of carbonyl (C=O) groups is 2. The van der Waals surface area contributed by atoms with Crippen molar-refractivity contribution in [3.05, 3.63) is 0 Å². The smallest absolute Gasteiger partial charge is 0.326 e. The zero-order chi connectivity index (χ0) is 16.2. The fourth-order valence-electron chi connectivity index (χ4n) is 2.80. The van der Waals surface area contributed by atoms with E-state index in [-0.39, 0.29) is 17.5 Å². The average Bonchev–Trinajstić information content (AvgIpc) is 2.31. The van der Waals surface area contributed by atoms with Gasteiger partial charge in [-0.25, -0.2) is 9.59 Å². The molecule has 1 unspecified atom stereocenters. The second-order valence-corrected chi connectivity index (χ2v) is 6.80. The lowest BCUT2D eigenvalue weighted by atomic mass is 9.75. The van der Waals surface area contributed by atoms with Crippen molar-refractivity contribution < 1.29 is 14.7 Å². The third kappa shape index (κ3) is 4.59. The van der Waals surface area contributed by atoms with E-state index in [1.54, 1.807) is 11.9 Å². The van der Waals surface area contributed by atoms with E-state index in [2.05, 4.69) is 10.2 Å². The van der Waals surface area contributed by atoms with Crippen LogP contribution in [-0.2, 0) is 4.79 Å². The molecule has 0 spiro atoms. The van der Waals surface area contributed by atoms with E-state index in [1.165, 1.54) is 6.42 Å². The van der Waals surface area contributed by atoms with Crippen LogP contribution in [0.4, 0.5) is 4.79 Å². The summed E-state index contributed by atoms with van der Waals surface area (Å²) in [5, 5.41) is 11.8. The minimum Gasteiger partial charge on any atom is -0.480 e. The van der Waals surface area contributed by atoms with Gasteiger partial charge in [0.25, 0.3) is 0 Å². The molecule has 1 fully saturated rings. The summed E-state index contributed by atoms with van der Waals surface area (Å²) < 4.78 is 0. The molecular weight excluding hydrogens is 270 g/mol. The highest BCUT2D eigenvalue weighted by Gasteiger charge is 2.41. The van der Waals surface area contributed by atoms with Crippen molar-refractivity contribution >= 4 is 12.0 Å². The molecule has 0 saturated heterocycles. The number of carboxylic acids is 1. The summed E-state index contributed by atoms with van der Waals surface area (Å²) in [4.78, 5) is 27.2. The van der Waals surface area contributed by atoms with E-state index in [0.29, 0.717) is 13.0 Å². The zero-order valence-corrected chi connectivity index (χ0v) is 13.8. The van der Waals surface area contributed by atoms with E-state index >= 15 is 0 Å². The maximum Gasteiger partial charge on any atom is 0.326 e. The molecule has 0 aromatic carbocycles. The number of nitrogens with zero attached hydrogens (tertiary/aromatic N) is 2. The number of nitrogens with one attached hydrogen (secondary N) is 1. The van der Waals surface area contributed by atoms with Crippen molar-refractivity contribution in [2.45, 2.75) is 51.1 Å². The molecule has 1 aliphatic carbocycles. The van der Waals surface area contributed by atoms with Crippen LogP contribution in [0.5, 0.6) is 0 Å². The molecular formula is C15H29N3O3. The minimum absolute atomic E-state index is 0.0445. The first kappa shape index (κ1) is 17.8. The standard InChI is InChI=1S/C15H29N3O3/c1-11(2)9-12(13(19)20)16-14(21)18(5)10-15(17(3)4)7-6-8-15/h11-12H,6-10H2,1-5H3,(H,16,21)(H,19,20). The maximum atomic E-state index is 12.2. The molecule has 2 amide bonds. The fourth-order valence-corrected chi connectivity index (χ4v) is 2.80. The first-order chi connectivity index (χ1) is 9.68. The van der Waals surface area contributed by atoms with Gasteiger partial charge in [0.15, 0.2) is 0 Å². The third-order valence-electron chi connectivity index (χ3n) is 4.41. The Kier molecular flexibility index (Phi) is 6.01. The van der Waals surface area contributed by atoms with Gasteiger partial charge in [0.2, 0.25) is 0 Å². The highest BCUT2D eigenvalue weighted by atomic mass is 16.4. The summed E-state index contributed by atoms with van der Waals surface area (Å²) in [6, 6.07) is -1.13. The van der Waals surface area contributed by atoms with Gasteiger partial charge in [0.1, 0.15) is 6.04 Å². The number of amides is 2. The fraction of sp³-hybridized carbons (Fsp3) is 0.867. The molecule has 0 bridgehead atoms. The SMILES string of the molecule is CC(C)CC(NC(=O)N(C)CC1(N(C)C)CCC1)C(=O)O. The summed E-state index contributed by atoms with van der Waals surface area (Å²) in [5.74, 6) is -0.757. The molecule has 21 heavy (non-hydrogen) atoms. The van der Waals surface area contributed by atoms with E-state index in [1.807, 2.05) is 27.9 Å². The van der Waals surface area contributed by atoms with Crippen LogP contribution in [0.25, 0.3) is 0 Å². The molecule has 1 saturated carbocycles. The molecule has 2 N–H and O–H groups in total. The van der Waals surface area contributed by atoms with Crippen molar-refractivity contribution in [1.29, 1.82) is 0 Å². The Morgan fingerprint density at radius 1 is 1.24 bits per heavy atom. The van der Waals surface area contributed by atoms with Gasteiger partial charge in [-0.2, -0.15) is 0 Å². The maximum absolute atomic E-state index is 12.2. The minimum atomic E-state index is -0.976. The van der Waals surface area contributed by atoms with Crippen LogP contribution in [0.1, 0.15) is 39.5 Å². The summed E-state index contributed by atoms with van der Waals surface area (Å²) in [6.07, 6.45) is 3.77. The Bertz CT molecular complexity index is 378. The predicted octanol–water partition coefficient (Wildman–Crippen LogP) is 1.61. The summed E-state index contributed by atoms with van der Waals surface area (Å²) in [6.45, 7) is 4.52. The van der Waals surface area contributed by atoms with Crippen LogP contribution in [0.3, 0.4) is 0 Å². The van der Waals surface area contributed by atoms with Crippen LogP contribution in [-0.4, -0.2) is 66.2 Å². The van der Waals surface area contributed by atoms with E-state index in [4.69, 9.17) is 0 Å². The van der Waals surface area contributed by atoms with Crippen LogP contribution in [0.15, 0.2) is 0 Å². The summed E-state index contributed by atoms with van der Waals surface area (Å²) in [7, 11) is 5.79. The van der Waals surface area contributed by atoms with E-state index < -0.39 is 12.0 Å². The summed E-state index contributed by atoms with van der Waals surface area (Å²) in [5.41, 5.74) is 0.0445. The van der Waals surface area contributed by atoms with Crippen LogP contribution in [0, 0.1) is 5.92 Å². The zero-order valence-electron chi connectivity index (χ0n) is 13.8. The molecule has 1 aliphatic rings. The molecule has 0 aliphatic heterocycles. The van der Waals surface area contributed by atoms with Gasteiger partial charge >= 0.3 is 12.0 Å². The number of likely N-dealkylation sites (N-methyl/N-ethyl adjacent to an activating group) is 2. The molecule has 6 heteroatoms. The van der Waals surface area contributed by atoms with Gasteiger partial charge in [-0.1, -0.05) is 13.8 Å². The Hall–Kier alpha value is -1.30.